The van der Waals surface area contributed by atoms with Crippen LogP contribution in [0.3, 0.4) is 0 Å². The number of benzene rings is 3. The van der Waals surface area contributed by atoms with Crippen molar-refractivity contribution in [3.05, 3.63) is 81.8 Å². The molecular formula is C30H28BrN. The molecule has 2 bridgehead atoms. The zero-order chi connectivity index (χ0) is 22.0. The van der Waals surface area contributed by atoms with Crippen molar-refractivity contribution in [1.29, 1.82) is 5.26 Å². The topological polar surface area (TPSA) is 23.8 Å². The summed E-state index contributed by atoms with van der Waals surface area (Å²) in [4.78, 5) is 0. The Morgan fingerprint density at radius 3 is 2.44 bits per heavy atom. The van der Waals surface area contributed by atoms with Crippen LogP contribution in [0.5, 0.6) is 0 Å². The van der Waals surface area contributed by atoms with Gasteiger partial charge in [-0.2, -0.15) is 5.26 Å². The summed E-state index contributed by atoms with van der Waals surface area (Å²) in [6.07, 6.45) is 5.37. The van der Waals surface area contributed by atoms with Gasteiger partial charge in [0.2, 0.25) is 0 Å². The molecule has 0 aromatic heterocycles. The second-order valence-corrected chi connectivity index (χ2v) is 11.4. The lowest BCUT2D eigenvalue weighted by Gasteiger charge is -2.55. The third-order valence-electron chi connectivity index (χ3n) is 8.67. The predicted octanol–water partition coefficient (Wildman–Crippen LogP) is 8.35. The van der Waals surface area contributed by atoms with Crippen LogP contribution in [-0.4, -0.2) is 0 Å². The lowest BCUT2D eigenvalue weighted by Crippen LogP contribution is -2.49. The molecule has 0 saturated heterocycles. The van der Waals surface area contributed by atoms with Gasteiger partial charge in [-0.3, -0.25) is 0 Å². The first-order valence-electron chi connectivity index (χ1n) is 12.0. The molecule has 0 heterocycles. The first kappa shape index (κ1) is 20.3. The fourth-order valence-electron chi connectivity index (χ4n) is 7.75. The fraction of sp³-hybridized carbons (Fsp3) is 0.367. The number of nitrogens with zero attached hydrogens (tertiary/aromatic N) is 1. The molecule has 0 amide bonds. The van der Waals surface area contributed by atoms with E-state index in [2.05, 4.69) is 84.4 Å². The van der Waals surface area contributed by atoms with E-state index in [1.807, 2.05) is 12.1 Å². The molecule has 3 aliphatic carbocycles. The number of fused-ring (bicyclic) bond motifs is 8. The molecule has 0 N–H and O–H groups in total. The van der Waals surface area contributed by atoms with Crippen molar-refractivity contribution in [2.45, 2.75) is 44.9 Å². The van der Waals surface area contributed by atoms with Crippen molar-refractivity contribution in [2.75, 3.05) is 0 Å². The van der Waals surface area contributed by atoms with Crippen LogP contribution in [0, 0.1) is 35.0 Å². The van der Waals surface area contributed by atoms with Gasteiger partial charge < -0.3 is 0 Å². The zero-order valence-corrected chi connectivity index (χ0v) is 20.3. The predicted molar refractivity (Wildman–Crippen MR) is 134 cm³/mol. The molecule has 0 radical (unpaired) electrons. The lowest BCUT2D eigenvalue weighted by molar-refractivity contribution is 0.0428. The second kappa shape index (κ2) is 7.32. The molecule has 5 atom stereocenters. The molecule has 0 aliphatic heterocycles. The first-order chi connectivity index (χ1) is 15.5. The van der Waals surface area contributed by atoms with Crippen LogP contribution in [-0.2, 0) is 5.41 Å². The van der Waals surface area contributed by atoms with Crippen LogP contribution >= 0.6 is 15.9 Å². The van der Waals surface area contributed by atoms with E-state index in [1.165, 1.54) is 58.0 Å². The Morgan fingerprint density at radius 2 is 1.66 bits per heavy atom. The highest BCUT2D eigenvalue weighted by Crippen LogP contribution is 2.66. The molecule has 3 aromatic carbocycles. The van der Waals surface area contributed by atoms with Crippen molar-refractivity contribution in [3.63, 3.8) is 0 Å². The Hall–Kier alpha value is -2.37. The standard InChI is InChI=1S/C30H28BrN/c1-18-12-21-14-19(2)30(23(13-18)15-21)28-16-24(31)10-11-26(28)27-5-3-4-25(29(27)30)22-8-6-20(17-32)7-9-22/h3-11,16,18-19,21,23H,12-15H2,1-2H3. The first-order valence-corrected chi connectivity index (χ1v) is 12.8. The highest BCUT2D eigenvalue weighted by atomic mass is 79.9. The monoisotopic (exact) mass is 481 g/mol. The zero-order valence-electron chi connectivity index (χ0n) is 18.7. The molecule has 1 nitrogen and oxygen atoms in total. The van der Waals surface area contributed by atoms with Gasteiger partial charge >= 0.3 is 0 Å². The van der Waals surface area contributed by atoms with E-state index < -0.39 is 0 Å². The molecular weight excluding hydrogens is 454 g/mol. The Morgan fingerprint density at radius 1 is 0.875 bits per heavy atom. The molecule has 3 aliphatic rings. The highest BCUT2D eigenvalue weighted by Gasteiger charge is 2.57. The van der Waals surface area contributed by atoms with E-state index in [-0.39, 0.29) is 5.41 Å². The molecule has 5 unspecified atom stereocenters. The Bertz CT molecular complexity index is 1250. The number of halogens is 1. The summed E-state index contributed by atoms with van der Waals surface area (Å²) in [5.74, 6) is 2.94. The molecule has 3 aromatic rings. The van der Waals surface area contributed by atoms with Gasteiger partial charge in [-0.05, 0) is 107 Å². The SMILES string of the molecule is CC1CC2CC(C)C3(c4cc(Br)ccc4-c4cccc(-c5ccc(C#N)cc5)c43)C(C1)C2. The van der Waals surface area contributed by atoms with Gasteiger partial charge in [0.05, 0.1) is 11.6 Å². The maximum Gasteiger partial charge on any atom is 0.0991 e. The molecule has 32 heavy (non-hydrogen) atoms. The van der Waals surface area contributed by atoms with E-state index in [9.17, 15) is 5.26 Å². The van der Waals surface area contributed by atoms with Crippen molar-refractivity contribution < 1.29 is 0 Å². The normalized spacial score (nSPS) is 29.9. The van der Waals surface area contributed by atoms with E-state index in [4.69, 9.17) is 0 Å². The number of nitriles is 1. The van der Waals surface area contributed by atoms with Gasteiger partial charge in [0.1, 0.15) is 0 Å². The Balaban J connectivity index is 1.66. The Labute approximate surface area is 199 Å². The fourth-order valence-corrected chi connectivity index (χ4v) is 8.11. The van der Waals surface area contributed by atoms with Crippen LogP contribution in [0.1, 0.15) is 56.2 Å². The van der Waals surface area contributed by atoms with Crippen LogP contribution in [0.15, 0.2) is 65.1 Å². The van der Waals surface area contributed by atoms with Gasteiger partial charge in [0.15, 0.2) is 0 Å². The maximum absolute atomic E-state index is 9.30. The van der Waals surface area contributed by atoms with E-state index in [0.29, 0.717) is 11.8 Å². The molecule has 2 heteroatoms. The summed E-state index contributed by atoms with van der Waals surface area (Å²) in [7, 11) is 0. The summed E-state index contributed by atoms with van der Waals surface area (Å²) in [6.45, 7) is 4.98. The molecule has 160 valence electrons. The van der Waals surface area contributed by atoms with Crippen molar-refractivity contribution in [3.8, 4) is 28.3 Å². The quantitative estimate of drug-likeness (QED) is 0.342. The van der Waals surface area contributed by atoms with E-state index in [1.54, 1.807) is 5.56 Å². The minimum atomic E-state index is 0.0596. The van der Waals surface area contributed by atoms with Crippen LogP contribution in [0.4, 0.5) is 0 Å². The summed E-state index contributed by atoms with van der Waals surface area (Å²) in [6, 6.07) is 24.3. The van der Waals surface area contributed by atoms with Crippen molar-refractivity contribution in [1.82, 2.24) is 0 Å². The largest absolute Gasteiger partial charge is 0.192 e. The van der Waals surface area contributed by atoms with Crippen molar-refractivity contribution >= 4 is 15.9 Å². The molecule has 2 saturated carbocycles. The summed E-state index contributed by atoms with van der Waals surface area (Å²) < 4.78 is 1.18. The Kier molecular flexibility index (Phi) is 4.63. The summed E-state index contributed by atoms with van der Waals surface area (Å²) in [5.41, 5.74) is 9.27. The maximum atomic E-state index is 9.30. The van der Waals surface area contributed by atoms with Crippen LogP contribution < -0.4 is 0 Å². The van der Waals surface area contributed by atoms with Gasteiger partial charge in [0.25, 0.3) is 0 Å². The molecule has 2 fully saturated rings. The van der Waals surface area contributed by atoms with E-state index in [0.717, 1.165) is 17.4 Å². The minimum absolute atomic E-state index is 0.0596. The van der Waals surface area contributed by atoms with Crippen LogP contribution in [0.25, 0.3) is 22.3 Å². The van der Waals surface area contributed by atoms with Gasteiger partial charge in [0, 0.05) is 9.89 Å². The summed E-state index contributed by atoms with van der Waals surface area (Å²) in [5, 5.41) is 9.30. The molecule has 6 rings (SSSR count). The third-order valence-corrected chi connectivity index (χ3v) is 9.16. The van der Waals surface area contributed by atoms with Gasteiger partial charge in [-0.1, -0.05) is 66.2 Å². The van der Waals surface area contributed by atoms with Gasteiger partial charge in [-0.15, -0.1) is 0 Å². The average molecular weight is 482 g/mol. The number of rotatable bonds is 1. The lowest BCUT2D eigenvalue weighted by atomic mass is 9.49. The summed E-state index contributed by atoms with van der Waals surface area (Å²) >= 11 is 3.81. The minimum Gasteiger partial charge on any atom is -0.192 e. The van der Waals surface area contributed by atoms with E-state index >= 15 is 0 Å². The smallest absolute Gasteiger partial charge is 0.0991 e. The van der Waals surface area contributed by atoms with Gasteiger partial charge in [-0.25, -0.2) is 0 Å². The highest BCUT2D eigenvalue weighted by molar-refractivity contribution is 9.10. The van der Waals surface area contributed by atoms with Crippen molar-refractivity contribution in [2.24, 2.45) is 23.7 Å². The van der Waals surface area contributed by atoms with Crippen LogP contribution in [0.2, 0.25) is 0 Å². The molecule has 1 spiro atoms. The number of hydrogen-bond acceptors (Lipinski definition) is 1. The third kappa shape index (κ3) is 2.74. The average Bonchev–Trinajstić information content (AvgIpc) is 3.08. The second-order valence-electron chi connectivity index (χ2n) is 10.5. The number of hydrogen-bond donors (Lipinski definition) is 0.